The molecule has 3 N–H and O–H groups in total. The van der Waals surface area contributed by atoms with E-state index in [1.165, 1.54) is 12.1 Å². The van der Waals surface area contributed by atoms with Gasteiger partial charge in [0, 0.05) is 11.3 Å². The van der Waals surface area contributed by atoms with Crippen LogP contribution in [0.4, 0.5) is 0 Å². The first-order valence-electron chi connectivity index (χ1n) is 8.10. The number of rotatable bonds is 4. The fraction of sp³-hybridized carbons (Fsp3) is 0.158. The summed E-state index contributed by atoms with van der Waals surface area (Å²) in [7, 11) is -3.72. The third-order valence-corrected chi connectivity index (χ3v) is 5.30. The summed E-state index contributed by atoms with van der Waals surface area (Å²) < 4.78 is 24.5. The summed E-state index contributed by atoms with van der Waals surface area (Å²) in [6.45, 7) is 4.25. The Bertz CT molecular complexity index is 1160. The Labute approximate surface area is 157 Å². The van der Waals surface area contributed by atoms with Crippen molar-refractivity contribution < 1.29 is 13.5 Å². The van der Waals surface area contributed by atoms with Crippen molar-refractivity contribution in [1.29, 1.82) is 5.26 Å². The van der Waals surface area contributed by atoms with Gasteiger partial charge in [-0.05, 0) is 49.2 Å². The number of nitrogens with zero attached hydrogens (tertiary/aromatic N) is 3. The number of aromatic hydroxyl groups is 1. The predicted molar refractivity (Wildman–Crippen MR) is 100 cm³/mol. The lowest BCUT2D eigenvalue weighted by Gasteiger charge is -2.07. The molecule has 0 spiro atoms. The molecule has 7 nitrogen and oxygen atoms in total. The van der Waals surface area contributed by atoms with E-state index in [9.17, 15) is 13.5 Å². The number of aromatic nitrogens is 2. The lowest BCUT2D eigenvalue weighted by atomic mass is 10.0. The van der Waals surface area contributed by atoms with Crippen LogP contribution in [-0.4, -0.2) is 23.3 Å². The topological polar surface area (TPSA) is 122 Å². The lowest BCUT2D eigenvalue weighted by molar-refractivity contribution is 0.474. The highest BCUT2D eigenvalue weighted by molar-refractivity contribution is 7.89. The molecule has 8 heteroatoms. The maximum atomic E-state index is 11.4. The van der Waals surface area contributed by atoms with Crippen molar-refractivity contribution in [2.75, 3.05) is 0 Å². The molecule has 0 aliphatic rings. The number of hydrogen-bond acceptors (Lipinski definition) is 5. The first-order chi connectivity index (χ1) is 12.7. The van der Waals surface area contributed by atoms with Crippen molar-refractivity contribution in [3.8, 4) is 22.9 Å². The first kappa shape index (κ1) is 18.6. The van der Waals surface area contributed by atoms with E-state index in [2.05, 4.69) is 5.10 Å². The van der Waals surface area contributed by atoms with Gasteiger partial charge < -0.3 is 5.11 Å². The van der Waals surface area contributed by atoms with Crippen molar-refractivity contribution in [1.82, 2.24) is 9.78 Å². The molecule has 1 heterocycles. The van der Waals surface area contributed by atoms with Gasteiger partial charge in [-0.25, -0.2) is 13.6 Å². The molecular formula is C19H18N4O3S. The molecule has 0 fully saturated rings. The van der Waals surface area contributed by atoms with Crippen LogP contribution in [0.5, 0.6) is 5.75 Å². The van der Waals surface area contributed by atoms with Gasteiger partial charge in [0.05, 0.1) is 22.7 Å². The summed E-state index contributed by atoms with van der Waals surface area (Å²) in [5.41, 5.74) is 4.44. The molecule has 1 aromatic heterocycles. The minimum atomic E-state index is -3.72. The van der Waals surface area contributed by atoms with Crippen LogP contribution in [-0.2, 0) is 16.6 Å². The van der Waals surface area contributed by atoms with Crippen LogP contribution in [0.1, 0.15) is 22.5 Å². The minimum Gasteiger partial charge on any atom is -0.507 e. The van der Waals surface area contributed by atoms with Crippen LogP contribution in [0.15, 0.2) is 47.4 Å². The van der Waals surface area contributed by atoms with Gasteiger partial charge in [-0.15, -0.1) is 0 Å². The molecule has 3 rings (SSSR count). The van der Waals surface area contributed by atoms with E-state index in [4.69, 9.17) is 10.4 Å². The molecule has 0 amide bonds. The van der Waals surface area contributed by atoms with E-state index < -0.39 is 10.0 Å². The summed E-state index contributed by atoms with van der Waals surface area (Å²) in [4.78, 5) is 0.0633. The number of benzene rings is 2. The van der Waals surface area contributed by atoms with Crippen molar-refractivity contribution >= 4 is 10.0 Å². The Morgan fingerprint density at radius 3 is 2.41 bits per heavy atom. The van der Waals surface area contributed by atoms with E-state index in [0.717, 1.165) is 28.1 Å². The Balaban J connectivity index is 1.94. The average Bonchev–Trinajstić information content (AvgIpc) is 2.88. The van der Waals surface area contributed by atoms with Crippen molar-refractivity contribution in [3.05, 3.63) is 65.0 Å². The third-order valence-electron chi connectivity index (χ3n) is 4.37. The lowest BCUT2D eigenvalue weighted by Crippen LogP contribution is -2.12. The van der Waals surface area contributed by atoms with Crippen molar-refractivity contribution in [2.45, 2.75) is 25.3 Å². The number of phenolic OH excluding ortho intramolecular Hbond substituents is 1. The largest absolute Gasteiger partial charge is 0.507 e. The fourth-order valence-corrected chi connectivity index (χ4v) is 3.52. The smallest absolute Gasteiger partial charge is 0.238 e. The fourth-order valence-electron chi connectivity index (χ4n) is 3.01. The summed E-state index contributed by atoms with van der Waals surface area (Å²) >= 11 is 0. The van der Waals surface area contributed by atoms with Crippen molar-refractivity contribution in [2.24, 2.45) is 5.14 Å². The Hall–Kier alpha value is -3.15. The highest BCUT2D eigenvalue weighted by Gasteiger charge is 2.15. The first-order valence-corrected chi connectivity index (χ1v) is 9.64. The highest BCUT2D eigenvalue weighted by Crippen LogP contribution is 2.31. The second-order valence-corrected chi connectivity index (χ2v) is 7.80. The third kappa shape index (κ3) is 3.69. The van der Waals surface area contributed by atoms with Gasteiger partial charge in [0.2, 0.25) is 10.0 Å². The normalized spacial score (nSPS) is 11.3. The molecule has 27 heavy (non-hydrogen) atoms. The Kier molecular flexibility index (Phi) is 4.74. The molecule has 3 aromatic rings. The molecule has 0 aliphatic carbocycles. The van der Waals surface area contributed by atoms with Crippen LogP contribution >= 0.6 is 0 Å². The quantitative estimate of drug-likeness (QED) is 0.717. The van der Waals surface area contributed by atoms with Gasteiger partial charge in [0.15, 0.2) is 0 Å². The summed E-state index contributed by atoms with van der Waals surface area (Å²) in [5, 5.41) is 28.6. The van der Waals surface area contributed by atoms with Gasteiger partial charge in [0.25, 0.3) is 0 Å². The SMILES string of the molecule is Cc1nn(Cc2ccc(S(N)(=O)=O)cc2)c(C)c1-c1ccc(C#N)c(O)c1. The van der Waals surface area contributed by atoms with Crippen LogP contribution in [0, 0.1) is 25.2 Å². The zero-order valence-corrected chi connectivity index (χ0v) is 15.7. The number of sulfonamides is 1. The minimum absolute atomic E-state index is 0.0633. The van der Waals surface area contributed by atoms with E-state index in [0.29, 0.717) is 6.54 Å². The Morgan fingerprint density at radius 2 is 1.85 bits per heavy atom. The average molecular weight is 382 g/mol. The van der Waals surface area contributed by atoms with Crippen LogP contribution in [0.3, 0.4) is 0 Å². The Morgan fingerprint density at radius 1 is 1.19 bits per heavy atom. The van der Waals surface area contributed by atoms with Crippen molar-refractivity contribution in [3.63, 3.8) is 0 Å². The van der Waals surface area contributed by atoms with E-state index >= 15 is 0 Å². The number of phenols is 1. The van der Waals surface area contributed by atoms with Gasteiger partial charge >= 0.3 is 0 Å². The number of primary sulfonamides is 1. The monoisotopic (exact) mass is 382 g/mol. The number of hydrogen-bond donors (Lipinski definition) is 2. The maximum Gasteiger partial charge on any atom is 0.238 e. The molecule has 2 aromatic carbocycles. The van der Waals surface area contributed by atoms with Crippen LogP contribution < -0.4 is 5.14 Å². The van der Waals surface area contributed by atoms with E-state index in [-0.39, 0.29) is 16.2 Å². The zero-order chi connectivity index (χ0) is 19.8. The van der Waals surface area contributed by atoms with E-state index in [1.807, 2.05) is 24.6 Å². The zero-order valence-electron chi connectivity index (χ0n) is 14.8. The molecule has 138 valence electrons. The summed E-state index contributed by atoms with van der Waals surface area (Å²) in [6.07, 6.45) is 0. The number of nitrogens with two attached hydrogens (primary N) is 1. The second kappa shape index (κ2) is 6.87. The number of nitriles is 1. The van der Waals surface area contributed by atoms with Gasteiger partial charge in [0.1, 0.15) is 11.8 Å². The maximum absolute atomic E-state index is 11.4. The van der Waals surface area contributed by atoms with Gasteiger partial charge in [-0.2, -0.15) is 10.4 Å². The summed E-state index contributed by atoms with van der Waals surface area (Å²) in [5.74, 6) is -0.0693. The molecule has 0 atom stereocenters. The van der Waals surface area contributed by atoms with Gasteiger partial charge in [-0.1, -0.05) is 18.2 Å². The molecule has 0 bridgehead atoms. The molecule has 0 saturated carbocycles. The van der Waals surface area contributed by atoms with Crippen LogP contribution in [0.25, 0.3) is 11.1 Å². The van der Waals surface area contributed by atoms with Gasteiger partial charge in [-0.3, -0.25) is 4.68 Å². The molecule has 0 unspecified atom stereocenters. The standard InChI is InChI=1S/C19H18N4O3S/c1-12-19(15-5-6-16(10-20)18(24)9-15)13(2)23(22-12)11-14-3-7-17(8-4-14)27(21,25)26/h3-9,24H,11H2,1-2H3,(H2,21,25,26). The summed E-state index contributed by atoms with van der Waals surface area (Å²) in [6, 6.07) is 13.2. The highest BCUT2D eigenvalue weighted by atomic mass is 32.2. The molecule has 0 radical (unpaired) electrons. The molecule has 0 aliphatic heterocycles. The second-order valence-electron chi connectivity index (χ2n) is 6.24. The number of aryl methyl sites for hydroxylation is 1. The van der Waals surface area contributed by atoms with Crippen LogP contribution in [0.2, 0.25) is 0 Å². The van der Waals surface area contributed by atoms with E-state index in [1.54, 1.807) is 30.3 Å². The molecule has 0 saturated heterocycles. The molecular weight excluding hydrogens is 364 g/mol. The predicted octanol–water partition coefficient (Wildman–Crippen LogP) is 2.44.